The van der Waals surface area contributed by atoms with Crippen molar-refractivity contribution in [2.45, 2.75) is 6.42 Å². The van der Waals surface area contributed by atoms with Gasteiger partial charge in [-0.2, -0.15) is 0 Å². The lowest BCUT2D eigenvalue weighted by Crippen LogP contribution is -2.48. The Balaban J connectivity index is 2.43. The molecule has 7 heteroatoms. The van der Waals surface area contributed by atoms with Gasteiger partial charge in [-0.25, -0.2) is 8.42 Å². The zero-order valence-electron chi connectivity index (χ0n) is 10.3. The highest BCUT2D eigenvalue weighted by Crippen LogP contribution is 2.03. The van der Waals surface area contributed by atoms with Gasteiger partial charge in [-0.1, -0.05) is 0 Å². The van der Waals surface area contributed by atoms with Crippen LogP contribution in [0.15, 0.2) is 0 Å². The van der Waals surface area contributed by atoms with Crippen LogP contribution in [0.5, 0.6) is 0 Å². The molecule has 0 bridgehead atoms. The van der Waals surface area contributed by atoms with Crippen molar-refractivity contribution in [2.75, 3.05) is 51.3 Å². The fourth-order valence-electron chi connectivity index (χ4n) is 1.71. The van der Waals surface area contributed by atoms with Gasteiger partial charge in [-0.15, -0.1) is 0 Å². The Morgan fingerprint density at radius 3 is 2.35 bits per heavy atom. The van der Waals surface area contributed by atoms with Crippen LogP contribution in [0.3, 0.4) is 0 Å². The number of sulfone groups is 1. The van der Waals surface area contributed by atoms with Gasteiger partial charge in [-0.3, -0.25) is 4.79 Å². The molecule has 0 spiro atoms. The lowest BCUT2D eigenvalue weighted by atomic mass is 10.3. The zero-order chi connectivity index (χ0) is 12.9. The van der Waals surface area contributed by atoms with Gasteiger partial charge in [0.25, 0.3) is 0 Å². The third kappa shape index (κ3) is 5.01. The average molecular weight is 263 g/mol. The molecule has 0 aliphatic carbocycles. The van der Waals surface area contributed by atoms with Crippen molar-refractivity contribution in [1.82, 2.24) is 9.80 Å². The van der Waals surface area contributed by atoms with Crippen LogP contribution in [0, 0.1) is 0 Å². The molecule has 1 fully saturated rings. The minimum atomic E-state index is -3.29. The number of nitrogens with two attached hydrogens (primary N) is 1. The summed E-state index contributed by atoms with van der Waals surface area (Å²) >= 11 is 0. The maximum Gasteiger partial charge on any atom is 0.237 e. The van der Waals surface area contributed by atoms with Crippen molar-refractivity contribution in [3.8, 4) is 0 Å². The van der Waals surface area contributed by atoms with Gasteiger partial charge in [0, 0.05) is 26.2 Å². The Hall–Kier alpha value is -0.660. The zero-order valence-corrected chi connectivity index (χ0v) is 11.1. The quantitative estimate of drug-likeness (QED) is 0.654. The fourth-order valence-corrected chi connectivity index (χ4v) is 3.02. The maximum atomic E-state index is 11.8. The molecule has 0 aromatic rings. The Morgan fingerprint density at radius 1 is 1.24 bits per heavy atom. The Bertz CT molecular complexity index is 348. The van der Waals surface area contributed by atoms with E-state index < -0.39 is 9.84 Å². The summed E-state index contributed by atoms with van der Waals surface area (Å²) in [5.41, 5.74) is 5.26. The Kier molecular flexibility index (Phi) is 5.35. The van der Waals surface area contributed by atoms with E-state index in [0.717, 1.165) is 13.1 Å². The summed E-state index contributed by atoms with van der Waals surface area (Å²) in [6.45, 7) is 3.16. The molecule has 100 valence electrons. The maximum absolute atomic E-state index is 11.8. The van der Waals surface area contributed by atoms with Crippen LogP contribution >= 0.6 is 0 Å². The summed E-state index contributed by atoms with van der Waals surface area (Å²) < 4.78 is 23.2. The van der Waals surface area contributed by atoms with Gasteiger partial charge in [-0.05, 0) is 20.0 Å². The van der Waals surface area contributed by atoms with Crippen LogP contribution in [0.25, 0.3) is 0 Å². The summed E-state index contributed by atoms with van der Waals surface area (Å²) in [4.78, 5) is 15.5. The summed E-state index contributed by atoms with van der Waals surface area (Å²) in [6.07, 6.45) is 0.415. The van der Waals surface area contributed by atoms with Gasteiger partial charge in [0.15, 0.2) is 9.84 Å². The van der Waals surface area contributed by atoms with Crippen molar-refractivity contribution in [1.29, 1.82) is 0 Å². The number of carbonyl (C=O) groups is 1. The molecule has 17 heavy (non-hydrogen) atoms. The molecule has 0 radical (unpaired) electrons. The van der Waals surface area contributed by atoms with Crippen molar-refractivity contribution >= 4 is 15.7 Å². The highest BCUT2D eigenvalue weighted by molar-refractivity contribution is 7.92. The van der Waals surface area contributed by atoms with E-state index in [4.69, 9.17) is 5.73 Å². The predicted molar refractivity (Wildman–Crippen MR) is 66.4 cm³/mol. The van der Waals surface area contributed by atoms with Crippen molar-refractivity contribution in [3.05, 3.63) is 0 Å². The van der Waals surface area contributed by atoms with Crippen LogP contribution in [-0.4, -0.2) is 75.4 Å². The standard InChI is InChI=1S/C10H21N3O3S/c1-12-4-6-13(7-5-12)10(14)9-17(15,16)8-2-3-11/h2-9,11H2,1H3. The smallest absolute Gasteiger partial charge is 0.237 e. The topological polar surface area (TPSA) is 83.7 Å². The second kappa shape index (κ2) is 6.32. The minimum absolute atomic E-state index is 0.00296. The molecule has 1 saturated heterocycles. The third-order valence-electron chi connectivity index (χ3n) is 2.86. The van der Waals surface area contributed by atoms with Crippen LogP contribution in [0.2, 0.25) is 0 Å². The van der Waals surface area contributed by atoms with Crippen molar-refractivity contribution < 1.29 is 13.2 Å². The molecule has 1 rings (SSSR count). The Morgan fingerprint density at radius 2 is 1.82 bits per heavy atom. The van der Waals surface area contributed by atoms with Crippen LogP contribution < -0.4 is 5.73 Å². The first kappa shape index (κ1) is 14.4. The molecule has 0 unspecified atom stereocenters. The third-order valence-corrected chi connectivity index (χ3v) is 4.46. The van der Waals surface area contributed by atoms with E-state index in [1.165, 1.54) is 0 Å². The number of amides is 1. The summed E-state index contributed by atoms with van der Waals surface area (Å²) in [7, 11) is -1.30. The molecule has 0 saturated carbocycles. The fraction of sp³-hybridized carbons (Fsp3) is 0.900. The van der Waals surface area contributed by atoms with E-state index in [2.05, 4.69) is 4.90 Å². The van der Waals surface area contributed by atoms with Crippen LogP contribution in [-0.2, 0) is 14.6 Å². The molecule has 0 aromatic carbocycles. The molecular formula is C10H21N3O3S. The van der Waals surface area contributed by atoms with Gasteiger partial charge in [0.2, 0.25) is 5.91 Å². The first-order chi connectivity index (χ1) is 7.94. The van der Waals surface area contributed by atoms with E-state index in [-0.39, 0.29) is 17.4 Å². The Labute approximate surface area is 103 Å². The highest BCUT2D eigenvalue weighted by Gasteiger charge is 2.23. The number of hydrogen-bond donors (Lipinski definition) is 1. The first-order valence-corrected chi connectivity index (χ1v) is 7.63. The molecule has 1 aliphatic rings. The second-order valence-electron chi connectivity index (χ2n) is 4.42. The molecule has 2 N–H and O–H groups in total. The number of nitrogens with zero attached hydrogens (tertiary/aromatic N) is 2. The lowest BCUT2D eigenvalue weighted by Gasteiger charge is -2.32. The largest absolute Gasteiger partial charge is 0.339 e. The first-order valence-electron chi connectivity index (χ1n) is 5.81. The SMILES string of the molecule is CN1CCN(C(=O)CS(=O)(=O)CCCN)CC1. The summed E-state index contributed by atoms with van der Waals surface area (Å²) in [5.74, 6) is -0.658. The number of piperazine rings is 1. The molecule has 1 aliphatic heterocycles. The molecule has 0 aromatic heterocycles. The molecule has 1 heterocycles. The second-order valence-corrected chi connectivity index (χ2v) is 6.60. The van der Waals surface area contributed by atoms with E-state index in [1.807, 2.05) is 7.05 Å². The monoisotopic (exact) mass is 263 g/mol. The minimum Gasteiger partial charge on any atom is -0.339 e. The summed E-state index contributed by atoms with van der Waals surface area (Å²) in [6, 6.07) is 0. The van der Waals surface area contributed by atoms with Gasteiger partial charge in [0.05, 0.1) is 5.75 Å². The summed E-state index contributed by atoms with van der Waals surface area (Å²) in [5, 5.41) is 0. The van der Waals surface area contributed by atoms with Gasteiger partial charge >= 0.3 is 0 Å². The highest BCUT2D eigenvalue weighted by atomic mass is 32.2. The van der Waals surface area contributed by atoms with E-state index in [9.17, 15) is 13.2 Å². The molecule has 6 nitrogen and oxygen atoms in total. The van der Waals surface area contributed by atoms with E-state index in [1.54, 1.807) is 4.90 Å². The van der Waals surface area contributed by atoms with Crippen molar-refractivity contribution in [3.63, 3.8) is 0 Å². The van der Waals surface area contributed by atoms with Gasteiger partial charge in [0.1, 0.15) is 5.75 Å². The molecule has 0 atom stereocenters. The average Bonchev–Trinajstić information content (AvgIpc) is 2.26. The number of carbonyl (C=O) groups excluding carboxylic acids is 1. The number of rotatable bonds is 5. The molecule has 1 amide bonds. The number of hydrogen-bond acceptors (Lipinski definition) is 5. The predicted octanol–water partition coefficient (Wildman–Crippen LogP) is -1.48. The van der Waals surface area contributed by atoms with E-state index >= 15 is 0 Å². The molecular weight excluding hydrogens is 242 g/mol. The normalized spacial score (nSPS) is 18.4. The van der Waals surface area contributed by atoms with Crippen LogP contribution in [0.4, 0.5) is 0 Å². The lowest BCUT2D eigenvalue weighted by molar-refractivity contribution is -0.129. The van der Waals surface area contributed by atoms with Crippen LogP contribution in [0.1, 0.15) is 6.42 Å². The van der Waals surface area contributed by atoms with Gasteiger partial charge < -0.3 is 15.5 Å². The van der Waals surface area contributed by atoms with Crippen molar-refractivity contribution in [2.24, 2.45) is 5.73 Å². The number of likely N-dealkylation sites (N-methyl/N-ethyl adjacent to an activating group) is 1. The van der Waals surface area contributed by atoms with E-state index in [0.29, 0.717) is 26.1 Å².